The van der Waals surface area contributed by atoms with Crippen LogP contribution in [0, 0.1) is 0 Å². The predicted molar refractivity (Wildman–Crippen MR) is 229 cm³/mol. The molecule has 1 heteroatoms. The standard InChI is InChI=1S/C52H41N/c1-36-16-6-4-9-20-40-34-43(32-33-49(40)52(36,2)3)53(50-25-15-14-21-44(50)37-17-7-5-8-18-37)42-30-28-39(29-31-42)48-35-41-27-26-38-19-10-11-22-45(38)51(41)47-24-13-12-23-46(47)48/h4-19,21-35H,1,20H2,2-3H3/b9-4-,16-6-. The van der Waals surface area contributed by atoms with E-state index in [1.807, 2.05) is 0 Å². The molecule has 0 saturated carbocycles. The average Bonchev–Trinajstić information content (AvgIpc) is 3.26. The van der Waals surface area contributed by atoms with Crippen LogP contribution in [0.5, 0.6) is 0 Å². The van der Waals surface area contributed by atoms with Gasteiger partial charge in [-0.15, -0.1) is 0 Å². The second-order valence-electron chi connectivity index (χ2n) is 14.6. The number of para-hydroxylation sites is 1. The van der Waals surface area contributed by atoms with Gasteiger partial charge >= 0.3 is 0 Å². The molecule has 0 aliphatic heterocycles. The van der Waals surface area contributed by atoms with E-state index in [0.717, 1.165) is 29.1 Å². The summed E-state index contributed by atoms with van der Waals surface area (Å²) in [6.07, 6.45) is 9.50. The molecule has 0 heterocycles. The molecule has 9 rings (SSSR count). The predicted octanol–water partition coefficient (Wildman–Crippen LogP) is 14.5. The van der Waals surface area contributed by atoms with Crippen molar-refractivity contribution in [1.82, 2.24) is 0 Å². The number of fused-ring (bicyclic) bond motifs is 6. The minimum Gasteiger partial charge on any atom is -0.310 e. The zero-order valence-electron chi connectivity index (χ0n) is 30.3. The monoisotopic (exact) mass is 679 g/mol. The Bertz CT molecular complexity index is 2730. The first-order chi connectivity index (χ1) is 26.0. The summed E-state index contributed by atoms with van der Waals surface area (Å²) in [7, 11) is 0. The number of hydrogen-bond acceptors (Lipinski definition) is 1. The molecular formula is C52H41N. The first-order valence-corrected chi connectivity index (χ1v) is 18.5. The fourth-order valence-electron chi connectivity index (χ4n) is 8.19. The molecule has 1 aliphatic carbocycles. The maximum atomic E-state index is 4.46. The Morgan fingerprint density at radius 1 is 0.528 bits per heavy atom. The molecule has 254 valence electrons. The summed E-state index contributed by atoms with van der Waals surface area (Å²) in [4.78, 5) is 2.42. The maximum absolute atomic E-state index is 4.46. The number of benzene rings is 8. The van der Waals surface area contributed by atoms with E-state index in [1.165, 1.54) is 65.7 Å². The molecule has 0 amide bonds. The van der Waals surface area contributed by atoms with E-state index in [9.17, 15) is 0 Å². The van der Waals surface area contributed by atoms with Crippen LogP contribution in [0.2, 0.25) is 0 Å². The molecule has 8 aromatic rings. The number of rotatable bonds is 5. The van der Waals surface area contributed by atoms with E-state index in [2.05, 4.69) is 213 Å². The molecule has 0 spiro atoms. The lowest BCUT2D eigenvalue weighted by Crippen LogP contribution is -2.21. The van der Waals surface area contributed by atoms with Crippen LogP contribution >= 0.6 is 0 Å². The molecule has 0 radical (unpaired) electrons. The van der Waals surface area contributed by atoms with Crippen LogP contribution in [0.4, 0.5) is 17.1 Å². The van der Waals surface area contributed by atoms with Gasteiger partial charge in [0.25, 0.3) is 0 Å². The van der Waals surface area contributed by atoms with Gasteiger partial charge in [-0.25, -0.2) is 0 Å². The van der Waals surface area contributed by atoms with Gasteiger partial charge in [0.05, 0.1) is 5.69 Å². The Morgan fingerprint density at radius 2 is 1.19 bits per heavy atom. The zero-order valence-corrected chi connectivity index (χ0v) is 30.3. The molecule has 0 fully saturated rings. The van der Waals surface area contributed by atoms with Crippen molar-refractivity contribution < 1.29 is 0 Å². The molecule has 1 aliphatic rings. The minimum absolute atomic E-state index is 0.195. The zero-order chi connectivity index (χ0) is 35.9. The van der Waals surface area contributed by atoms with Gasteiger partial charge in [0.1, 0.15) is 0 Å². The van der Waals surface area contributed by atoms with Crippen LogP contribution in [0.1, 0.15) is 25.0 Å². The Kier molecular flexibility index (Phi) is 8.13. The summed E-state index contributed by atoms with van der Waals surface area (Å²) in [6, 6.07) is 60.1. The molecule has 0 N–H and O–H groups in total. The molecule has 8 aromatic carbocycles. The number of hydrogen-bond donors (Lipinski definition) is 0. The van der Waals surface area contributed by atoms with Crippen molar-refractivity contribution in [2.75, 3.05) is 4.90 Å². The highest BCUT2D eigenvalue weighted by atomic mass is 15.1. The molecule has 0 atom stereocenters. The van der Waals surface area contributed by atoms with E-state index in [-0.39, 0.29) is 5.41 Å². The van der Waals surface area contributed by atoms with E-state index in [0.29, 0.717) is 0 Å². The highest BCUT2D eigenvalue weighted by Crippen LogP contribution is 2.45. The highest BCUT2D eigenvalue weighted by Gasteiger charge is 2.27. The van der Waals surface area contributed by atoms with Gasteiger partial charge in [0.15, 0.2) is 0 Å². The van der Waals surface area contributed by atoms with Gasteiger partial charge in [-0.05, 0) is 109 Å². The largest absolute Gasteiger partial charge is 0.310 e. The Labute approximate surface area is 312 Å². The van der Waals surface area contributed by atoms with Gasteiger partial charge in [-0.2, -0.15) is 0 Å². The minimum atomic E-state index is -0.195. The van der Waals surface area contributed by atoms with Gasteiger partial charge in [-0.3, -0.25) is 0 Å². The lowest BCUT2D eigenvalue weighted by Gasteiger charge is -2.32. The molecule has 0 unspecified atom stereocenters. The van der Waals surface area contributed by atoms with E-state index in [1.54, 1.807) is 0 Å². The van der Waals surface area contributed by atoms with Crippen molar-refractivity contribution in [3.63, 3.8) is 0 Å². The van der Waals surface area contributed by atoms with Crippen molar-refractivity contribution in [2.24, 2.45) is 0 Å². The van der Waals surface area contributed by atoms with E-state index < -0.39 is 0 Å². The van der Waals surface area contributed by atoms with Crippen LogP contribution in [0.3, 0.4) is 0 Å². The third kappa shape index (κ3) is 5.76. The third-order valence-corrected chi connectivity index (χ3v) is 11.1. The van der Waals surface area contributed by atoms with Crippen molar-refractivity contribution in [3.8, 4) is 22.3 Å². The summed E-state index contributed by atoms with van der Waals surface area (Å²) in [6.45, 7) is 9.02. The van der Waals surface area contributed by atoms with Gasteiger partial charge in [0.2, 0.25) is 0 Å². The summed E-state index contributed by atoms with van der Waals surface area (Å²) >= 11 is 0. The van der Waals surface area contributed by atoms with Gasteiger partial charge in [0, 0.05) is 22.4 Å². The number of allylic oxidation sites excluding steroid dienone is 5. The quantitative estimate of drug-likeness (QED) is 0.164. The normalized spacial score (nSPS) is 15.0. The van der Waals surface area contributed by atoms with Crippen LogP contribution in [-0.2, 0) is 11.8 Å². The Hall–Kier alpha value is -6.44. The molecule has 0 aromatic heterocycles. The number of nitrogens with zero attached hydrogens (tertiary/aromatic N) is 1. The SMILES string of the molecule is C=C1/C=C\C=C/Cc2cc(N(c3ccc(-c4cc5ccc6ccccc6c5c5ccccc45)cc3)c3ccccc3-c3ccccc3)ccc2C1(C)C. The van der Waals surface area contributed by atoms with Gasteiger partial charge in [-0.1, -0.05) is 172 Å². The van der Waals surface area contributed by atoms with Crippen molar-refractivity contribution in [1.29, 1.82) is 0 Å². The molecule has 0 saturated heterocycles. The molecule has 0 bridgehead atoms. The smallest absolute Gasteiger partial charge is 0.0540 e. The van der Waals surface area contributed by atoms with Gasteiger partial charge < -0.3 is 4.90 Å². The summed E-state index contributed by atoms with van der Waals surface area (Å²) in [5.74, 6) is 0. The van der Waals surface area contributed by atoms with Crippen LogP contribution in [0.15, 0.2) is 200 Å². The Morgan fingerprint density at radius 3 is 2.02 bits per heavy atom. The molecule has 53 heavy (non-hydrogen) atoms. The average molecular weight is 680 g/mol. The Balaban J connectivity index is 1.22. The first-order valence-electron chi connectivity index (χ1n) is 18.5. The lowest BCUT2D eigenvalue weighted by atomic mass is 9.75. The lowest BCUT2D eigenvalue weighted by molar-refractivity contribution is 0.635. The third-order valence-electron chi connectivity index (χ3n) is 11.1. The maximum Gasteiger partial charge on any atom is 0.0540 e. The second-order valence-corrected chi connectivity index (χ2v) is 14.6. The summed E-state index contributed by atoms with van der Waals surface area (Å²) < 4.78 is 0. The number of anilines is 3. The fraction of sp³-hybridized carbons (Fsp3) is 0.0769. The van der Waals surface area contributed by atoms with Crippen molar-refractivity contribution in [3.05, 3.63) is 211 Å². The van der Waals surface area contributed by atoms with Crippen molar-refractivity contribution in [2.45, 2.75) is 25.7 Å². The second kappa shape index (κ2) is 13.3. The topological polar surface area (TPSA) is 3.24 Å². The molecule has 1 nitrogen and oxygen atoms in total. The van der Waals surface area contributed by atoms with Crippen molar-refractivity contribution >= 4 is 49.4 Å². The first kappa shape index (κ1) is 32.5. The van der Waals surface area contributed by atoms with Crippen LogP contribution < -0.4 is 4.90 Å². The summed E-state index contributed by atoms with van der Waals surface area (Å²) in [5.41, 5.74) is 11.7. The fourth-order valence-corrected chi connectivity index (χ4v) is 8.19. The summed E-state index contributed by atoms with van der Waals surface area (Å²) in [5, 5.41) is 7.68. The van der Waals surface area contributed by atoms with E-state index in [4.69, 9.17) is 0 Å². The highest BCUT2D eigenvalue weighted by molar-refractivity contribution is 6.23. The molecular weight excluding hydrogens is 639 g/mol. The van der Waals surface area contributed by atoms with Crippen LogP contribution in [-0.4, -0.2) is 0 Å². The van der Waals surface area contributed by atoms with Crippen LogP contribution in [0.25, 0.3) is 54.6 Å². The van der Waals surface area contributed by atoms with E-state index >= 15 is 0 Å².